The Morgan fingerprint density at radius 1 is 1.15 bits per heavy atom. The first-order valence-corrected chi connectivity index (χ1v) is 8.80. The Bertz CT molecular complexity index is 857. The number of ether oxygens (including phenoxy) is 1. The number of nitrogens with zero attached hydrogens (tertiary/aromatic N) is 2. The van der Waals surface area contributed by atoms with Gasteiger partial charge < -0.3 is 15.4 Å². The number of hydrogen-bond acceptors (Lipinski definition) is 5. The van der Waals surface area contributed by atoms with Crippen molar-refractivity contribution in [2.75, 3.05) is 19.8 Å². The second-order valence-electron chi connectivity index (χ2n) is 6.36. The maximum atomic E-state index is 12.2. The number of carbonyl (C=O) groups is 1. The van der Waals surface area contributed by atoms with Crippen molar-refractivity contribution >= 4 is 5.91 Å². The number of carbonyl (C=O) groups excluding carboxylic acids is 1. The average molecular weight is 360 g/mol. The van der Waals surface area contributed by atoms with E-state index < -0.39 is 12.1 Å². The number of amides is 1. The molecule has 0 saturated carbocycles. The van der Waals surface area contributed by atoms with E-state index in [1.807, 2.05) is 36.4 Å². The molecule has 1 saturated heterocycles. The van der Waals surface area contributed by atoms with Crippen molar-refractivity contribution in [3.63, 3.8) is 0 Å². The first-order valence-electron chi connectivity index (χ1n) is 8.80. The fraction of sp³-hybridized carbons (Fsp3) is 0.286. The van der Waals surface area contributed by atoms with Gasteiger partial charge >= 0.3 is 0 Å². The highest BCUT2D eigenvalue weighted by Crippen LogP contribution is 2.20. The van der Waals surface area contributed by atoms with Gasteiger partial charge in [0.2, 0.25) is 5.91 Å². The van der Waals surface area contributed by atoms with Gasteiger partial charge in [0.05, 0.1) is 30.9 Å². The predicted molar refractivity (Wildman–Crippen MR) is 100 cm³/mol. The summed E-state index contributed by atoms with van der Waals surface area (Å²) in [7, 11) is 0. The molecule has 136 valence electrons. The number of hydrogen-bond donors (Lipinski definition) is 2. The molecule has 6 heteroatoms. The maximum absolute atomic E-state index is 12.2. The van der Waals surface area contributed by atoms with Crippen LogP contribution in [0.25, 0.3) is 11.1 Å². The lowest BCUT2D eigenvalue weighted by Crippen LogP contribution is -2.53. The molecule has 2 aromatic carbocycles. The van der Waals surface area contributed by atoms with Crippen LogP contribution in [0.3, 0.4) is 0 Å². The van der Waals surface area contributed by atoms with Gasteiger partial charge in [0, 0.05) is 13.0 Å². The van der Waals surface area contributed by atoms with Crippen molar-refractivity contribution in [3.8, 4) is 23.3 Å². The minimum absolute atomic E-state index is 0.213. The molecule has 0 bridgehead atoms. The Kier molecular flexibility index (Phi) is 6.17. The lowest BCUT2D eigenvalue weighted by molar-refractivity contribution is -0.126. The topological polar surface area (TPSA) is 97.9 Å². The SMILES string of the molecule is N#Cc1ccc(-c2ccc(C[C@@H](C#N)NC(=O)[C@H]3COCCN3)cc2)cc1. The fourth-order valence-electron chi connectivity index (χ4n) is 2.94. The molecule has 1 heterocycles. The van der Waals surface area contributed by atoms with Gasteiger partial charge in [-0.1, -0.05) is 36.4 Å². The molecule has 2 N–H and O–H groups in total. The summed E-state index contributed by atoms with van der Waals surface area (Å²) in [6.45, 7) is 1.55. The van der Waals surface area contributed by atoms with Crippen LogP contribution in [0.2, 0.25) is 0 Å². The Hall–Kier alpha value is -3.19. The monoisotopic (exact) mass is 360 g/mol. The number of nitriles is 2. The minimum Gasteiger partial charge on any atom is -0.378 e. The zero-order valence-corrected chi connectivity index (χ0v) is 14.8. The Morgan fingerprint density at radius 3 is 2.37 bits per heavy atom. The summed E-state index contributed by atoms with van der Waals surface area (Å²) in [6.07, 6.45) is 0.434. The van der Waals surface area contributed by atoms with Crippen LogP contribution in [0.4, 0.5) is 0 Å². The van der Waals surface area contributed by atoms with Gasteiger partial charge in [0.25, 0.3) is 0 Å². The standard InChI is InChI=1S/C21H20N4O2/c22-12-16-3-7-18(8-4-16)17-5-1-15(2-6-17)11-19(13-23)25-21(26)20-14-27-10-9-24-20/h1-8,19-20,24H,9-11,14H2,(H,25,26)/t19-,20+/m0/s1. The summed E-state index contributed by atoms with van der Waals surface area (Å²) in [5.41, 5.74) is 3.64. The van der Waals surface area contributed by atoms with Crippen LogP contribution in [0.15, 0.2) is 48.5 Å². The van der Waals surface area contributed by atoms with E-state index in [2.05, 4.69) is 22.8 Å². The average Bonchev–Trinajstić information content (AvgIpc) is 2.74. The number of benzene rings is 2. The van der Waals surface area contributed by atoms with Gasteiger partial charge in [-0.15, -0.1) is 0 Å². The summed E-state index contributed by atoms with van der Waals surface area (Å²) < 4.78 is 5.28. The second-order valence-corrected chi connectivity index (χ2v) is 6.36. The lowest BCUT2D eigenvalue weighted by atomic mass is 10.00. The van der Waals surface area contributed by atoms with E-state index in [0.29, 0.717) is 31.7 Å². The highest BCUT2D eigenvalue weighted by molar-refractivity contribution is 5.82. The van der Waals surface area contributed by atoms with Crippen LogP contribution in [0.5, 0.6) is 0 Å². The lowest BCUT2D eigenvalue weighted by Gasteiger charge is -2.24. The van der Waals surface area contributed by atoms with Crippen LogP contribution in [-0.4, -0.2) is 37.7 Å². The molecule has 0 aromatic heterocycles. The smallest absolute Gasteiger partial charge is 0.240 e. The predicted octanol–water partition coefficient (Wildman–Crippen LogP) is 1.76. The number of rotatable bonds is 5. The van der Waals surface area contributed by atoms with Gasteiger partial charge in [-0.05, 0) is 28.8 Å². The molecule has 2 atom stereocenters. The Labute approximate surface area is 158 Å². The molecule has 27 heavy (non-hydrogen) atoms. The summed E-state index contributed by atoms with van der Waals surface area (Å²) in [6, 6.07) is 18.5. The third kappa shape index (κ3) is 4.92. The molecule has 1 amide bonds. The van der Waals surface area contributed by atoms with Crippen LogP contribution in [0.1, 0.15) is 11.1 Å². The third-order valence-electron chi connectivity index (χ3n) is 4.45. The van der Waals surface area contributed by atoms with Gasteiger partial charge in [0.15, 0.2) is 0 Å². The quantitative estimate of drug-likeness (QED) is 0.847. The minimum atomic E-state index is -0.595. The molecule has 3 rings (SSSR count). The molecule has 1 aliphatic heterocycles. The van der Waals surface area contributed by atoms with E-state index in [9.17, 15) is 10.1 Å². The van der Waals surface area contributed by atoms with Crippen molar-refractivity contribution in [2.24, 2.45) is 0 Å². The van der Waals surface area contributed by atoms with Crippen molar-refractivity contribution in [1.29, 1.82) is 10.5 Å². The zero-order chi connectivity index (χ0) is 19.1. The van der Waals surface area contributed by atoms with Crippen LogP contribution in [0, 0.1) is 22.7 Å². The summed E-state index contributed by atoms with van der Waals surface area (Å²) in [4.78, 5) is 12.2. The van der Waals surface area contributed by atoms with Gasteiger partial charge in [0.1, 0.15) is 12.1 Å². The van der Waals surface area contributed by atoms with Crippen LogP contribution < -0.4 is 10.6 Å². The molecule has 0 aliphatic carbocycles. The molecule has 1 aliphatic rings. The van der Waals surface area contributed by atoms with Crippen molar-refractivity contribution in [2.45, 2.75) is 18.5 Å². The normalized spacial score (nSPS) is 17.3. The summed E-state index contributed by atoms with van der Waals surface area (Å²) in [5, 5.41) is 24.1. The van der Waals surface area contributed by atoms with Crippen LogP contribution in [-0.2, 0) is 16.0 Å². The summed E-state index contributed by atoms with van der Waals surface area (Å²) in [5.74, 6) is -0.213. The maximum Gasteiger partial charge on any atom is 0.240 e. The zero-order valence-electron chi connectivity index (χ0n) is 14.8. The number of nitrogens with one attached hydrogen (secondary N) is 2. The molecule has 0 unspecified atom stereocenters. The van der Waals surface area contributed by atoms with Crippen molar-refractivity contribution in [3.05, 3.63) is 59.7 Å². The molecule has 0 spiro atoms. The largest absolute Gasteiger partial charge is 0.378 e. The molecular weight excluding hydrogens is 340 g/mol. The molecule has 1 fully saturated rings. The third-order valence-corrected chi connectivity index (χ3v) is 4.45. The highest BCUT2D eigenvalue weighted by Gasteiger charge is 2.23. The Balaban J connectivity index is 1.61. The highest BCUT2D eigenvalue weighted by atomic mass is 16.5. The first-order chi connectivity index (χ1) is 13.2. The van der Waals surface area contributed by atoms with Gasteiger partial charge in [-0.3, -0.25) is 4.79 Å². The van der Waals surface area contributed by atoms with E-state index in [0.717, 1.165) is 16.7 Å². The fourth-order valence-corrected chi connectivity index (χ4v) is 2.94. The van der Waals surface area contributed by atoms with Crippen molar-refractivity contribution < 1.29 is 9.53 Å². The summed E-state index contributed by atoms with van der Waals surface area (Å²) >= 11 is 0. The van der Waals surface area contributed by atoms with Gasteiger partial charge in [-0.2, -0.15) is 10.5 Å². The molecule has 2 aromatic rings. The first kappa shape index (κ1) is 18.6. The molecule has 0 radical (unpaired) electrons. The number of morpholine rings is 1. The second kappa shape index (κ2) is 8.95. The molecule has 6 nitrogen and oxygen atoms in total. The Morgan fingerprint density at radius 2 is 1.81 bits per heavy atom. The van der Waals surface area contributed by atoms with E-state index in [4.69, 9.17) is 10.00 Å². The van der Waals surface area contributed by atoms with E-state index in [-0.39, 0.29) is 5.91 Å². The van der Waals surface area contributed by atoms with E-state index in [1.165, 1.54) is 0 Å². The van der Waals surface area contributed by atoms with Crippen molar-refractivity contribution in [1.82, 2.24) is 10.6 Å². The van der Waals surface area contributed by atoms with E-state index in [1.54, 1.807) is 12.1 Å². The van der Waals surface area contributed by atoms with Crippen LogP contribution >= 0.6 is 0 Å². The van der Waals surface area contributed by atoms with Gasteiger partial charge in [-0.25, -0.2) is 0 Å². The molecular formula is C21H20N4O2. The van der Waals surface area contributed by atoms with E-state index >= 15 is 0 Å².